The first kappa shape index (κ1) is 22.6. The minimum atomic E-state index is -0.384. The molecular formula is C20H42N2O. The van der Waals surface area contributed by atoms with Crippen molar-refractivity contribution < 1.29 is 4.76 Å². The standard InChI is InChI=1S/C20H42N2O/c1-4-5-6-7-8-9-10-11-12-13-14-15-16-17-18-19-20-21-22(2,3)23/h11-12,21H,4-10,13-20H2,1-3H3/b12-11-. The number of hydroxylamine groups is 2. The monoisotopic (exact) mass is 326 g/mol. The molecule has 3 heteroatoms. The van der Waals surface area contributed by atoms with Crippen LogP contribution in [0.25, 0.3) is 0 Å². The predicted molar refractivity (Wildman–Crippen MR) is 103 cm³/mol. The number of hydrogen-bond donors (Lipinski definition) is 1. The molecule has 0 saturated carbocycles. The molecule has 0 aliphatic rings. The topological polar surface area (TPSA) is 35.1 Å². The molecule has 3 nitrogen and oxygen atoms in total. The molecule has 0 aromatic heterocycles. The van der Waals surface area contributed by atoms with Crippen molar-refractivity contribution in [2.45, 2.75) is 96.8 Å². The Hall–Kier alpha value is -0.380. The zero-order valence-electron chi connectivity index (χ0n) is 16.1. The highest BCUT2D eigenvalue weighted by atomic mass is 16.6. The van der Waals surface area contributed by atoms with E-state index >= 15 is 0 Å². The fourth-order valence-electron chi connectivity index (χ4n) is 2.72. The lowest BCUT2D eigenvalue weighted by Crippen LogP contribution is -2.46. The second-order valence-corrected chi connectivity index (χ2v) is 7.20. The zero-order valence-corrected chi connectivity index (χ0v) is 16.1. The van der Waals surface area contributed by atoms with E-state index in [1.807, 2.05) is 0 Å². The van der Waals surface area contributed by atoms with Gasteiger partial charge in [0.1, 0.15) is 0 Å². The number of unbranched alkanes of at least 4 members (excludes halogenated alkanes) is 12. The van der Waals surface area contributed by atoms with Crippen molar-refractivity contribution >= 4 is 0 Å². The Bertz CT molecular complexity index is 259. The van der Waals surface area contributed by atoms with Crippen molar-refractivity contribution in [3.8, 4) is 0 Å². The van der Waals surface area contributed by atoms with Gasteiger partial charge in [-0.25, -0.2) is 0 Å². The summed E-state index contributed by atoms with van der Waals surface area (Å²) >= 11 is 0. The van der Waals surface area contributed by atoms with Gasteiger partial charge in [0.25, 0.3) is 0 Å². The second-order valence-electron chi connectivity index (χ2n) is 7.20. The molecule has 0 bridgehead atoms. The molecular weight excluding hydrogens is 284 g/mol. The molecule has 0 unspecified atom stereocenters. The third-order valence-electron chi connectivity index (χ3n) is 4.18. The zero-order chi connectivity index (χ0) is 17.2. The lowest BCUT2D eigenvalue weighted by molar-refractivity contribution is -0.886. The fourth-order valence-corrected chi connectivity index (χ4v) is 2.72. The Morgan fingerprint density at radius 3 is 1.61 bits per heavy atom. The molecule has 0 aromatic carbocycles. The van der Waals surface area contributed by atoms with E-state index < -0.39 is 0 Å². The van der Waals surface area contributed by atoms with E-state index in [4.69, 9.17) is 0 Å². The Kier molecular flexibility index (Phi) is 16.2. The highest BCUT2D eigenvalue weighted by molar-refractivity contribution is 4.81. The van der Waals surface area contributed by atoms with E-state index in [0.717, 1.165) is 13.0 Å². The van der Waals surface area contributed by atoms with Crippen LogP contribution in [0.1, 0.15) is 96.8 Å². The first-order valence-electron chi connectivity index (χ1n) is 10.0. The van der Waals surface area contributed by atoms with Crippen molar-refractivity contribution in [1.29, 1.82) is 0 Å². The molecule has 0 rings (SSSR count). The number of rotatable bonds is 17. The van der Waals surface area contributed by atoms with Crippen LogP contribution in [0.5, 0.6) is 0 Å². The Morgan fingerprint density at radius 1 is 0.696 bits per heavy atom. The van der Waals surface area contributed by atoms with Gasteiger partial charge < -0.3 is 5.21 Å². The third-order valence-corrected chi connectivity index (χ3v) is 4.18. The minimum absolute atomic E-state index is 0.384. The molecule has 0 radical (unpaired) electrons. The van der Waals surface area contributed by atoms with Crippen LogP contribution in [0.2, 0.25) is 0 Å². The first-order chi connectivity index (χ1) is 11.1. The van der Waals surface area contributed by atoms with Crippen molar-refractivity contribution in [1.82, 2.24) is 5.43 Å². The summed E-state index contributed by atoms with van der Waals surface area (Å²) < 4.78 is -0.384. The van der Waals surface area contributed by atoms with Crippen LogP contribution in [0.4, 0.5) is 0 Å². The fraction of sp³-hybridized carbons (Fsp3) is 0.900. The van der Waals surface area contributed by atoms with E-state index in [-0.39, 0.29) is 4.76 Å². The number of quaternary nitrogens is 1. The summed E-state index contributed by atoms with van der Waals surface area (Å²) in [5, 5.41) is 11.3. The van der Waals surface area contributed by atoms with Crippen LogP contribution in [0.15, 0.2) is 12.2 Å². The number of allylic oxidation sites excluding steroid dienone is 2. The maximum absolute atomic E-state index is 11.3. The largest absolute Gasteiger partial charge is 0.612 e. The van der Waals surface area contributed by atoms with Crippen LogP contribution in [-0.4, -0.2) is 25.4 Å². The van der Waals surface area contributed by atoms with Gasteiger partial charge in [-0.1, -0.05) is 76.9 Å². The lowest BCUT2D eigenvalue weighted by atomic mass is 10.1. The highest BCUT2D eigenvalue weighted by Gasteiger charge is 1.99. The van der Waals surface area contributed by atoms with Crippen LogP contribution < -0.4 is 5.43 Å². The number of nitrogens with one attached hydrogen (secondary N) is 1. The van der Waals surface area contributed by atoms with E-state index in [1.54, 1.807) is 14.1 Å². The molecule has 0 heterocycles. The first-order valence-corrected chi connectivity index (χ1v) is 10.0. The van der Waals surface area contributed by atoms with Crippen LogP contribution in [0, 0.1) is 5.21 Å². The Labute approximate surface area is 145 Å². The average molecular weight is 327 g/mol. The third kappa shape index (κ3) is 21.6. The Morgan fingerprint density at radius 2 is 1.13 bits per heavy atom. The molecule has 0 aliphatic heterocycles. The summed E-state index contributed by atoms with van der Waals surface area (Å²) in [6.45, 7) is 3.10. The molecule has 0 spiro atoms. The van der Waals surface area contributed by atoms with Crippen molar-refractivity contribution in [2.24, 2.45) is 0 Å². The minimum Gasteiger partial charge on any atom is -0.612 e. The van der Waals surface area contributed by atoms with Crippen LogP contribution in [0.3, 0.4) is 0 Å². The van der Waals surface area contributed by atoms with E-state index in [2.05, 4.69) is 24.5 Å². The van der Waals surface area contributed by atoms with Gasteiger partial charge in [-0.05, 0) is 32.1 Å². The predicted octanol–water partition coefficient (Wildman–Crippen LogP) is 6.10. The second kappa shape index (κ2) is 16.5. The number of nitrogens with zero attached hydrogens (tertiary/aromatic N) is 1. The molecule has 0 aliphatic carbocycles. The average Bonchev–Trinajstić information content (AvgIpc) is 2.49. The van der Waals surface area contributed by atoms with E-state index in [0.29, 0.717) is 0 Å². The molecule has 0 saturated heterocycles. The summed E-state index contributed by atoms with van der Waals surface area (Å²) in [4.78, 5) is 0. The molecule has 138 valence electrons. The van der Waals surface area contributed by atoms with Crippen molar-refractivity contribution in [3.05, 3.63) is 17.4 Å². The summed E-state index contributed by atoms with van der Waals surface area (Å²) in [6.07, 6.45) is 23.3. The van der Waals surface area contributed by atoms with E-state index in [1.165, 1.54) is 83.5 Å². The van der Waals surface area contributed by atoms with Gasteiger partial charge in [0, 0.05) is 6.54 Å². The summed E-state index contributed by atoms with van der Waals surface area (Å²) in [5.41, 5.74) is 2.94. The van der Waals surface area contributed by atoms with Gasteiger partial charge in [0.2, 0.25) is 0 Å². The van der Waals surface area contributed by atoms with Gasteiger partial charge in [0.05, 0.1) is 14.1 Å². The summed E-state index contributed by atoms with van der Waals surface area (Å²) in [5.74, 6) is 0. The molecule has 0 amide bonds. The lowest BCUT2D eigenvalue weighted by Gasteiger charge is -2.32. The highest BCUT2D eigenvalue weighted by Crippen LogP contribution is 2.09. The maximum atomic E-state index is 11.3. The van der Waals surface area contributed by atoms with Gasteiger partial charge in [-0.3, -0.25) is 4.76 Å². The van der Waals surface area contributed by atoms with Crippen molar-refractivity contribution in [2.75, 3.05) is 20.6 Å². The SMILES string of the molecule is CCCCCCCC/C=C\CCCCCCCCN[N+](C)(C)[O-]. The Balaban J connectivity index is 3.11. The van der Waals surface area contributed by atoms with Gasteiger partial charge >= 0.3 is 0 Å². The molecule has 0 atom stereocenters. The maximum Gasteiger partial charge on any atom is 0.0853 e. The summed E-state index contributed by atoms with van der Waals surface area (Å²) in [7, 11) is 3.25. The summed E-state index contributed by atoms with van der Waals surface area (Å²) in [6, 6.07) is 0. The molecule has 0 aromatic rings. The van der Waals surface area contributed by atoms with Gasteiger partial charge in [0.15, 0.2) is 0 Å². The van der Waals surface area contributed by atoms with Crippen LogP contribution >= 0.6 is 0 Å². The molecule has 0 fully saturated rings. The quantitative estimate of drug-likeness (QED) is 0.152. The molecule has 1 N–H and O–H groups in total. The van der Waals surface area contributed by atoms with Gasteiger partial charge in [-0.2, -0.15) is 5.43 Å². The van der Waals surface area contributed by atoms with Crippen molar-refractivity contribution in [3.63, 3.8) is 0 Å². The van der Waals surface area contributed by atoms with Crippen LogP contribution in [-0.2, 0) is 0 Å². The number of hydrogen-bond acceptors (Lipinski definition) is 2. The smallest absolute Gasteiger partial charge is 0.0853 e. The normalized spacial score (nSPS) is 12.3. The van der Waals surface area contributed by atoms with Gasteiger partial charge in [-0.15, -0.1) is 0 Å². The molecule has 23 heavy (non-hydrogen) atoms. The van der Waals surface area contributed by atoms with E-state index in [9.17, 15) is 5.21 Å².